The van der Waals surface area contributed by atoms with Crippen molar-refractivity contribution < 1.29 is 14.6 Å². The van der Waals surface area contributed by atoms with Crippen molar-refractivity contribution in [3.63, 3.8) is 0 Å². The van der Waals surface area contributed by atoms with Gasteiger partial charge in [0.25, 0.3) is 5.91 Å². The topological polar surface area (TPSA) is 88.8 Å². The third kappa shape index (κ3) is 3.78. The van der Waals surface area contributed by atoms with Crippen molar-refractivity contribution >= 4 is 17.4 Å². The monoisotopic (exact) mass is 374 g/mol. The lowest BCUT2D eigenvalue weighted by Gasteiger charge is -2.08. The van der Waals surface area contributed by atoms with Crippen LogP contribution in [0.2, 0.25) is 0 Å². The molecule has 3 aromatic heterocycles. The van der Waals surface area contributed by atoms with Crippen molar-refractivity contribution in [1.29, 1.82) is 0 Å². The van der Waals surface area contributed by atoms with Gasteiger partial charge >= 0.3 is 0 Å². The summed E-state index contributed by atoms with van der Waals surface area (Å²) in [6.07, 6.45) is 5.41. The SMILES string of the molecule is Cc1ccc2nc(COc3cccc(C(=O)Nc4ncccc4O)c3)cn2c1. The predicted molar refractivity (Wildman–Crippen MR) is 105 cm³/mol. The molecule has 1 amide bonds. The number of hydrogen-bond acceptors (Lipinski definition) is 5. The molecule has 0 atom stereocenters. The summed E-state index contributed by atoms with van der Waals surface area (Å²) < 4.78 is 7.75. The van der Waals surface area contributed by atoms with Crippen LogP contribution in [0.1, 0.15) is 21.6 Å². The van der Waals surface area contributed by atoms with Gasteiger partial charge in [0.2, 0.25) is 0 Å². The van der Waals surface area contributed by atoms with E-state index in [1.807, 2.05) is 35.9 Å². The van der Waals surface area contributed by atoms with Crippen LogP contribution in [0.15, 0.2) is 67.1 Å². The second-order valence-electron chi connectivity index (χ2n) is 6.35. The molecule has 0 aliphatic rings. The van der Waals surface area contributed by atoms with Gasteiger partial charge in [-0.2, -0.15) is 0 Å². The van der Waals surface area contributed by atoms with Crippen LogP contribution in [0.4, 0.5) is 5.82 Å². The number of imidazole rings is 1. The Morgan fingerprint density at radius 1 is 1.18 bits per heavy atom. The molecule has 0 saturated carbocycles. The highest BCUT2D eigenvalue weighted by atomic mass is 16.5. The van der Waals surface area contributed by atoms with E-state index in [-0.39, 0.29) is 24.1 Å². The first-order valence-corrected chi connectivity index (χ1v) is 8.71. The number of aromatic nitrogens is 3. The molecule has 7 nitrogen and oxygen atoms in total. The number of carbonyl (C=O) groups excluding carboxylic acids is 1. The lowest BCUT2D eigenvalue weighted by molar-refractivity contribution is 0.102. The van der Waals surface area contributed by atoms with E-state index in [1.165, 1.54) is 12.3 Å². The number of carbonyl (C=O) groups is 1. The Morgan fingerprint density at radius 3 is 2.93 bits per heavy atom. The zero-order valence-corrected chi connectivity index (χ0v) is 15.2. The Balaban J connectivity index is 1.45. The number of ether oxygens (including phenoxy) is 1. The molecule has 7 heteroatoms. The number of aromatic hydroxyl groups is 1. The molecule has 0 radical (unpaired) electrons. The molecule has 2 N–H and O–H groups in total. The summed E-state index contributed by atoms with van der Waals surface area (Å²) in [6.45, 7) is 2.31. The number of nitrogens with zero attached hydrogens (tertiary/aromatic N) is 3. The number of pyridine rings is 2. The smallest absolute Gasteiger partial charge is 0.257 e. The zero-order chi connectivity index (χ0) is 19.5. The lowest BCUT2D eigenvalue weighted by atomic mass is 10.2. The van der Waals surface area contributed by atoms with Gasteiger partial charge in [-0.15, -0.1) is 0 Å². The van der Waals surface area contributed by atoms with Gasteiger partial charge in [0.1, 0.15) is 18.0 Å². The molecule has 0 unspecified atom stereocenters. The van der Waals surface area contributed by atoms with Crippen LogP contribution in [0, 0.1) is 6.92 Å². The highest BCUT2D eigenvalue weighted by molar-refractivity contribution is 6.04. The molecule has 0 aliphatic heterocycles. The van der Waals surface area contributed by atoms with Gasteiger partial charge in [-0.25, -0.2) is 9.97 Å². The third-order valence-electron chi connectivity index (χ3n) is 4.15. The van der Waals surface area contributed by atoms with Gasteiger partial charge in [-0.05, 0) is 48.9 Å². The maximum Gasteiger partial charge on any atom is 0.257 e. The number of fused-ring (bicyclic) bond motifs is 1. The molecule has 0 aliphatic carbocycles. The molecule has 3 heterocycles. The fraction of sp³-hybridized carbons (Fsp3) is 0.0952. The number of aryl methyl sites for hydroxylation is 1. The van der Waals surface area contributed by atoms with Crippen molar-refractivity contribution in [3.05, 3.63) is 83.9 Å². The van der Waals surface area contributed by atoms with E-state index in [4.69, 9.17) is 4.74 Å². The fourth-order valence-corrected chi connectivity index (χ4v) is 2.78. The maximum atomic E-state index is 12.4. The Labute approximate surface area is 161 Å². The molecule has 4 aromatic rings. The Bertz CT molecular complexity index is 1150. The standard InChI is InChI=1S/C21H18N4O3/c1-14-7-8-19-23-16(12-25(19)11-14)13-28-17-5-2-4-15(10-17)21(27)24-20-18(26)6-3-9-22-20/h2-12,26H,13H2,1H3,(H,22,24,27). The van der Waals surface area contributed by atoms with Crippen LogP contribution in [0.25, 0.3) is 5.65 Å². The Morgan fingerprint density at radius 2 is 2.07 bits per heavy atom. The van der Waals surface area contributed by atoms with E-state index in [9.17, 15) is 9.90 Å². The Kier molecular flexibility index (Phi) is 4.63. The summed E-state index contributed by atoms with van der Waals surface area (Å²) >= 11 is 0. The van der Waals surface area contributed by atoms with Gasteiger partial charge in [-0.3, -0.25) is 4.79 Å². The number of amides is 1. The summed E-state index contributed by atoms with van der Waals surface area (Å²) in [5, 5.41) is 12.3. The summed E-state index contributed by atoms with van der Waals surface area (Å²) in [7, 11) is 0. The molecular weight excluding hydrogens is 356 g/mol. The molecule has 140 valence electrons. The van der Waals surface area contributed by atoms with Gasteiger partial charge in [0.15, 0.2) is 11.6 Å². The number of anilines is 1. The van der Waals surface area contributed by atoms with Gasteiger partial charge in [0, 0.05) is 24.2 Å². The van der Waals surface area contributed by atoms with Crippen molar-refractivity contribution in [2.75, 3.05) is 5.32 Å². The van der Waals surface area contributed by atoms with E-state index in [1.54, 1.807) is 30.3 Å². The number of rotatable bonds is 5. The second-order valence-corrected chi connectivity index (χ2v) is 6.35. The van der Waals surface area contributed by atoms with E-state index >= 15 is 0 Å². The van der Waals surface area contributed by atoms with Gasteiger partial charge < -0.3 is 19.6 Å². The highest BCUT2D eigenvalue weighted by Crippen LogP contribution is 2.21. The molecule has 1 aromatic carbocycles. The second kappa shape index (κ2) is 7.40. The number of benzene rings is 1. The number of hydrogen-bond donors (Lipinski definition) is 2. The average Bonchev–Trinajstić information content (AvgIpc) is 3.10. The van der Waals surface area contributed by atoms with Crippen LogP contribution in [-0.4, -0.2) is 25.4 Å². The van der Waals surface area contributed by atoms with Crippen molar-refractivity contribution in [3.8, 4) is 11.5 Å². The van der Waals surface area contributed by atoms with Crippen molar-refractivity contribution in [2.24, 2.45) is 0 Å². The molecule has 0 saturated heterocycles. The summed E-state index contributed by atoms with van der Waals surface area (Å²) in [5.41, 5.74) is 3.19. The average molecular weight is 374 g/mol. The van der Waals surface area contributed by atoms with E-state index in [2.05, 4.69) is 15.3 Å². The molecule has 0 spiro atoms. The molecule has 0 bridgehead atoms. The molecule has 4 rings (SSSR count). The van der Waals surface area contributed by atoms with E-state index < -0.39 is 0 Å². The quantitative estimate of drug-likeness (QED) is 0.557. The first kappa shape index (κ1) is 17.5. The van der Waals surface area contributed by atoms with E-state index in [0.717, 1.165) is 16.9 Å². The van der Waals surface area contributed by atoms with Crippen LogP contribution in [0.5, 0.6) is 11.5 Å². The maximum absolute atomic E-state index is 12.4. The van der Waals surface area contributed by atoms with Crippen LogP contribution >= 0.6 is 0 Å². The third-order valence-corrected chi connectivity index (χ3v) is 4.15. The van der Waals surface area contributed by atoms with Crippen molar-refractivity contribution in [1.82, 2.24) is 14.4 Å². The first-order chi connectivity index (χ1) is 13.6. The molecule has 28 heavy (non-hydrogen) atoms. The number of nitrogens with one attached hydrogen (secondary N) is 1. The van der Waals surface area contributed by atoms with Gasteiger partial charge in [-0.1, -0.05) is 12.1 Å². The van der Waals surface area contributed by atoms with E-state index in [0.29, 0.717) is 11.3 Å². The Hall–Kier alpha value is -3.87. The summed E-state index contributed by atoms with van der Waals surface area (Å²) in [6, 6.07) is 13.8. The fourth-order valence-electron chi connectivity index (χ4n) is 2.78. The molecular formula is C21H18N4O3. The van der Waals surface area contributed by atoms with Gasteiger partial charge in [0.05, 0.1) is 5.69 Å². The van der Waals surface area contributed by atoms with Crippen LogP contribution < -0.4 is 10.1 Å². The summed E-state index contributed by atoms with van der Waals surface area (Å²) in [4.78, 5) is 20.9. The minimum absolute atomic E-state index is 0.0923. The van der Waals surface area contributed by atoms with Crippen molar-refractivity contribution in [2.45, 2.75) is 13.5 Å². The largest absolute Gasteiger partial charge is 0.504 e. The first-order valence-electron chi connectivity index (χ1n) is 8.71. The highest BCUT2D eigenvalue weighted by Gasteiger charge is 2.11. The van der Waals surface area contributed by atoms with Crippen LogP contribution in [0.3, 0.4) is 0 Å². The minimum atomic E-state index is -0.386. The predicted octanol–water partition coefficient (Wildman–Crippen LogP) is 3.57. The normalized spacial score (nSPS) is 10.8. The zero-order valence-electron chi connectivity index (χ0n) is 15.2. The van der Waals surface area contributed by atoms with Crippen LogP contribution in [-0.2, 0) is 6.61 Å². The summed E-state index contributed by atoms with van der Waals surface area (Å²) in [5.74, 6) is 0.179. The lowest BCUT2D eigenvalue weighted by Crippen LogP contribution is -2.13. The molecule has 0 fully saturated rings. The minimum Gasteiger partial charge on any atom is -0.504 e.